The van der Waals surface area contributed by atoms with Crippen LogP contribution < -0.4 is 10.2 Å². The summed E-state index contributed by atoms with van der Waals surface area (Å²) in [5.74, 6) is 0. The fourth-order valence-corrected chi connectivity index (χ4v) is 2.76. The first-order valence-electron chi connectivity index (χ1n) is 6.50. The number of rotatable bonds is 2. The third-order valence-electron chi connectivity index (χ3n) is 3.84. The molecule has 20 heavy (non-hydrogen) atoms. The van der Waals surface area contributed by atoms with E-state index in [0.717, 1.165) is 31.3 Å². The number of alkyl halides is 3. The Kier molecular flexibility index (Phi) is 3.12. The molecule has 1 aliphatic rings. The molecule has 1 aliphatic heterocycles. The van der Waals surface area contributed by atoms with Crippen molar-refractivity contribution in [1.82, 2.24) is 5.32 Å². The van der Waals surface area contributed by atoms with Crippen LogP contribution in [0.2, 0.25) is 0 Å². The Labute approximate surface area is 114 Å². The van der Waals surface area contributed by atoms with Crippen LogP contribution in [0.5, 0.6) is 0 Å². The maximum Gasteiger partial charge on any atom is 0.420 e. The molecule has 1 fully saturated rings. The van der Waals surface area contributed by atoms with E-state index in [9.17, 15) is 13.2 Å². The molecule has 2 heterocycles. The van der Waals surface area contributed by atoms with Crippen molar-refractivity contribution in [1.29, 1.82) is 0 Å². The number of nitrogens with zero attached hydrogens (tertiary/aromatic N) is 1. The van der Waals surface area contributed by atoms with E-state index in [1.54, 1.807) is 12.1 Å². The first-order valence-corrected chi connectivity index (χ1v) is 6.50. The van der Waals surface area contributed by atoms with Crippen molar-refractivity contribution in [3.8, 4) is 0 Å². The monoisotopic (exact) mass is 284 g/mol. The number of hydrogen-bond donors (Lipinski definition) is 1. The summed E-state index contributed by atoms with van der Waals surface area (Å²) >= 11 is 0. The van der Waals surface area contributed by atoms with Gasteiger partial charge in [-0.3, -0.25) is 0 Å². The third-order valence-corrected chi connectivity index (χ3v) is 3.84. The van der Waals surface area contributed by atoms with Crippen LogP contribution in [0.4, 0.5) is 18.9 Å². The smallest absolute Gasteiger partial charge is 0.420 e. The Morgan fingerprint density at radius 3 is 2.75 bits per heavy atom. The number of anilines is 1. The maximum absolute atomic E-state index is 12.9. The van der Waals surface area contributed by atoms with Crippen molar-refractivity contribution >= 4 is 16.7 Å². The highest BCUT2D eigenvalue weighted by Crippen LogP contribution is 2.39. The van der Waals surface area contributed by atoms with Gasteiger partial charge in [0.05, 0.1) is 11.8 Å². The zero-order chi connectivity index (χ0) is 14.3. The Morgan fingerprint density at radius 2 is 2.10 bits per heavy atom. The number of furan rings is 1. The molecule has 1 aromatic carbocycles. The van der Waals surface area contributed by atoms with Gasteiger partial charge in [-0.15, -0.1) is 0 Å². The minimum atomic E-state index is -4.40. The maximum atomic E-state index is 12.9. The average Bonchev–Trinajstić information content (AvgIpc) is 3.05. The molecular weight excluding hydrogens is 269 g/mol. The summed E-state index contributed by atoms with van der Waals surface area (Å²) in [6.07, 6.45) is -2.10. The number of benzene rings is 1. The Morgan fingerprint density at radius 1 is 1.30 bits per heavy atom. The molecule has 0 spiro atoms. The van der Waals surface area contributed by atoms with E-state index in [1.807, 2.05) is 7.05 Å². The molecule has 1 atom stereocenters. The zero-order valence-electron chi connectivity index (χ0n) is 11.0. The topological polar surface area (TPSA) is 28.4 Å². The first kappa shape index (κ1) is 13.3. The Hall–Kier alpha value is -1.69. The summed E-state index contributed by atoms with van der Waals surface area (Å²) in [4.78, 5) is 2.10. The number of likely N-dealkylation sites (N-methyl/N-ethyl adjacent to an activating group) is 1. The summed E-state index contributed by atoms with van der Waals surface area (Å²) in [6.45, 7) is 1.62. The van der Waals surface area contributed by atoms with Gasteiger partial charge in [0.1, 0.15) is 5.58 Å². The largest absolute Gasteiger partial charge is 0.464 e. The standard InChI is InChI=1S/C14H15F3N2O/c1-18-9-4-6-19(8-9)12-3-2-11(14(15,16)17)13-10(12)5-7-20-13/h2-3,5,7,9,18H,4,6,8H2,1H3/t9-/m1/s1. The van der Waals surface area contributed by atoms with Gasteiger partial charge in [-0.25, -0.2) is 0 Å². The van der Waals surface area contributed by atoms with Crippen molar-refractivity contribution < 1.29 is 17.6 Å². The second kappa shape index (κ2) is 4.70. The highest BCUT2D eigenvalue weighted by molar-refractivity contribution is 5.93. The van der Waals surface area contributed by atoms with E-state index in [0.29, 0.717) is 11.4 Å². The zero-order valence-corrected chi connectivity index (χ0v) is 11.0. The lowest BCUT2D eigenvalue weighted by atomic mass is 10.1. The molecular formula is C14H15F3N2O. The molecule has 1 saturated heterocycles. The van der Waals surface area contributed by atoms with Gasteiger partial charge in [-0.2, -0.15) is 13.2 Å². The Balaban J connectivity index is 2.04. The van der Waals surface area contributed by atoms with Crippen LogP contribution in [0.3, 0.4) is 0 Å². The van der Waals surface area contributed by atoms with Crippen molar-refractivity contribution in [2.45, 2.75) is 18.6 Å². The van der Waals surface area contributed by atoms with Crippen molar-refractivity contribution in [3.05, 3.63) is 30.0 Å². The second-order valence-electron chi connectivity index (χ2n) is 5.01. The van der Waals surface area contributed by atoms with E-state index >= 15 is 0 Å². The summed E-state index contributed by atoms with van der Waals surface area (Å²) in [6, 6.07) is 4.62. The third kappa shape index (κ3) is 2.14. The van der Waals surface area contributed by atoms with Gasteiger partial charge in [0.15, 0.2) is 0 Å². The molecule has 0 bridgehead atoms. The Bertz CT molecular complexity index is 620. The van der Waals surface area contributed by atoms with E-state index < -0.39 is 11.7 Å². The van der Waals surface area contributed by atoms with Crippen molar-refractivity contribution in [3.63, 3.8) is 0 Å². The SMILES string of the molecule is CN[C@@H]1CCN(c2ccc(C(F)(F)F)c3occc23)C1. The van der Waals surface area contributed by atoms with Gasteiger partial charge in [0.2, 0.25) is 0 Å². The lowest BCUT2D eigenvalue weighted by Gasteiger charge is -2.20. The summed E-state index contributed by atoms with van der Waals surface area (Å²) < 4.78 is 43.9. The second-order valence-corrected chi connectivity index (χ2v) is 5.01. The van der Waals surface area contributed by atoms with Gasteiger partial charge in [0, 0.05) is 30.2 Å². The highest BCUT2D eigenvalue weighted by Gasteiger charge is 2.35. The summed E-state index contributed by atoms with van der Waals surface area (Å²) in [7, 11) is 1.90. The molecule has 108 valence electrons. The molecule has 0 amide bonds. The fraction of sp³-hybridized carbons (Fsp3) is 0.429. The number of hydrogen-bond acceptors (Lipinski definition) is 3. The minimum Gasteiger partial charge on any atom is -0.464 e. The minimum absolute atomic E-state index is 0.0806. The van der Waals surface area contributed by atoms with Crippen molar-refractivity contribution in [2.75, 3.05) is 25.0 Å². The summed E-state index contributed by atoms with van der Waals surface area (Å²) in [5.41, 5.74) is 0.00743. The van der Waals surface area contributed by atoms with Gasteiger partial charge in [0.25, 0.3) is 0 Å². The highest BCUT2D eigenvalue weighted by atomic mass is 19.4. The van der Waals surface area contributed by atoms with Crippen LogP contribution in [0.25, 0.3) is 11.0 Å². The molecule has 2 aromatic rings. The molecule has 6 heteroatoms. The average molecular weight is 284 g/mol. The molecule has 1 N–H and O–H groups in total. The lowest BCUT2D eigenvalue weighted by molar-refractivity contribution is -0.136. The summed E-state index contributed by atoms with van der Waals surface area (Å²) in [5, 5.41) is 3.72. The van der Waals surface area contributed by atoms with E-state index in [-0.39, 0.29) is 5.58 Å². The predicted octanol–water partition coefficient (Wildman–Crippen LogP) is 3.25. The van der Waals surface area contributed by atoms with E-state index in [1.165, 1.54) is 6.26 Å². The fourth-order valence-electron chi connectivity index (χ4n) is 2.76. The first-order chi connectivity index (χ1) is 9.50. The van der Waals surface area contributed by atoms with Crippen LogP contribution in [0.1, 0.15) is 12.0 Å². The van der Waals surface area contributed by atoms with Crippen LogP contribution in [-0.2, 0) is 6.18 Å². The normalized spacial score (nSPS) is 20.0. The van der Waals surface area contributed by atoms with E-state index in [4.69, 9.17) is 4.42 Å². The van der Waals surface area contributed by atoms with Gasteiger partial charge < -0.3 is 14.6 Å². The van der Waals surface area contributed by atoms with Crippen LogP contribution in [0.15, 0.2) is 28.9 Å². The number of nitrogens with one attached hydrogen (secondary N) is 1. The van der Waals surface area contributed by atoms with Gasteiger partial charge in [-0.05, 0) is 31.7 Å². The predicted molar refractivity (Wildman–Crippen MR) is 70.9 cm³/mol. The van der Waals surface area contributed by atoms with Crippen LogP contribution in [-0.4, -0.2) is 26.2 Å². The van der Waals surface area contributed by atoms with Crippen molar-refractivity contribution in [2.24, 2.45) is 0 Å². The molecule has 1 aromatic heterocycles. The molecule has 0 saturated carbocycles. The molecule has 0 radical (unpaired) electrons. The number of fused-ring (bicyclic) bond motifs is 1. The molecule has 3 nitrogen and oxygen atoms in total. The quantitative estimate of drug-likeness (QED) is 0.917. The van der Waals surface area contributed by atoms with Gasteiger partial charge >= 0.3 is 6.18 Å². The molecule has 0 unspecified atom stereocenters. The van der Waals surface area contributed by atoms with Crippen LogP contribution in [0, 0.1) is 0 Å². The van der Waals surface area contributed by atoms with Crippen LogP contribution >= 0.6 is 0 Å². The number of halogens is 3. The lowest BCUT2D eigenvalue weighted by Crippen LogP contribution is -2.29. The molecule has 3 rings (SSSR count). The van der Waals surface area contributed by atoms with Gasteiger partial charge in [-0.1, -0.05) is 0 Å². The van der Waals surface area contributed by atoms with E-state index in [2.05, 4.69) is 10.2 Å². The molecule has 0 aliphatic carbocycles.